The van der Waals surface area contributed by atoms with Gasteiger partial charge in [-0.1, -0.05) is 154 Å². The number of hydrogen-bond donors (Lipinski definition) is 0. The van der Waals surface area contributed by atoms with Gasteiger partial charge in [0.1, 0.15) is 34.5 Å². The van der Waals surface area contributed by atoms with Crippen molar-refractivity contribution in [3.05, 3.63) is 394 Å². The van der Waals surface area contributed by atoms with E-state index in [4.69, 9.17) is 69.7 Å². The van der Waals surface area contributed by atoms with Gasteiger partial charge in [-0.15, -0.1) is 0 Å². The summed E-state index contributed by atoms with van der Waals surface area (Å²) in [7, 11) is -14.4. The Morgan fingerprint density at radius 1 is 0.183 bits per heavy atom. The van der Waals surface area contributed by atoms with Gasteiger partial charge >= 0.3 is 58.8 Å². The van der Waals surface area contributed by atoms with Crippen molar-refractivity contribution in [1.29, 1.82) is 0 Å². The van der Waals surface area contributed by atoms with Crippen LogP contribution in [0.15, 0.2) is 372 Å². The summed E-state index contributed by atoms with van der Waals surface area (Å²) in [6.07, 6.45) is 0. The van der Waals surface area contributed by atoms with Crippen molar-refractivity contribution in [3.8, 4) is 34.5 Å². The van der Waals surface area contributed by atoms with Crippen molar-refractivity contribution < 1.29 is 84.9 Å². The molecule has 0 amide bonds. The summed E-state index contributed by atoms with van der Waals surface area (Å²) < 4.78 is 60.2. The minimum atomic E-state index is -4.81. The lowest BCUT2D eigenvalue weighted by molar-refractivity contribution is 0.0508. The van der Waals surface area contributed by atoms with E-state index in [-0.39, 0.29) is 67.9 Å². The van der Waals surface area contributed by atoms with E-state index in [1.54, 1.807) is 369 Å². The van der Waals surface area contributed by atoms with Crippen molar-refractivity contribution in [3.63, 3.8) is 0 Å². The molecule has 0 unspecified atom stereocenters. The molecule has 1 heterocycles. The lowest BCUT2D eigenvalue weighted by Crippen LogP contribution is -2.11. The predicted octanol–water partition coefficient (Wildman–Crippen LogP) is 21.8. The fourth-order valence-electron chi connectivity index (χ4n) is 10.9. The maximum Gasteiger partial charge on any atom is 0.460 e. The third-order valence-electron chi connectivity index (χ3n) is 17.3. The van der Waals surface area contributed by atoms with Gasteiger partial charge in [-0.25, -0.2) is 28.8 Å². The van der Waals surface area contributed by atoms with Crippen LogP contribution in [0.5, 0.6) is 34.5 Å². The van der Waals surface area contributed by atoms with Crippen LogP contribution in [0.25, 0.3) is 0 Å². The van der Waals surface area contributed by atoms with Crippen molar-refractivity contribution in [2.75, 3.05) is 0 Å². The van der Waals surface area contributed by atoms with Crippen molar-refractivity contribution in [2.45, 2.75) is 41.5 Å². The fraction of sp³-hybridized carbons (Fsp3) is 0.0667. The average molecular weight is 1660 g/mol. The Labute approximate surface area is 689 Å². The van der Waals surface area contributed by atoms with Crippen LogP contribution in [0.3, 0.4) is 0 Å². The number of hydrogen-bond acceptors (Lipinski definition) is 27. The monoisotopic (exact) mass is 1660 g/mol. The molecule has 0 saturated carbocycles. The molecule has 0 aliphatic carbocycles. The van der Waals surface area contributed by atoms with Crippen LogP contribution in [0.1, 0.15) is 137 Å². The predicted molar refractivity (Wildman–Crippen MR) is 455 cm³/mol. The first-order valence-corrected chi connectivity index (χ1v) is 41.4. The molecule has 600 valence electrons. The zero-order valence-corrected chi connectivity index (χ0v) is 67.6. The maximum atomic E-state index is 13.1. The van der Waals surface area contributed by atoms with Gasteiger partial charge in [-0.3, -0.25) is 0 Å². The molecule has 0 atom stereocenters. The van der Waals surface area contributed by atoms with Gasteiger partial charge in [0.15, 0.2) is 0 Å². The summed E-state index contributed by atoms with van der Waals surface area (Å²) in [5.74, 6) is -3.77. The summed E-state index contributed by atoms with van der Waals surface area (Å²) in [5.41, 5.74) is 6.39. The number of oxime groups is 6. The van der Waals surface area contributed by atoms with Gasteiger partial charge in [-0.05, 0) is 293 Å². The van der Waals surface area contributed by atoms with Crippen LogP contribution in [-0.2, 0) is 29.0 Å². The molecule has 30 heteroatoms. The minimum absolute atomic E-state index is 0.0601. The van der Waals surface area contributed by atoms with Crippen LogP contribution in [0, 0.1) is 0 Å². The van der Waals surface area contributed by atoms with Crippen LogP contribution in [0.4, 0.5) is 0 Å². The zero-order chi connectivity index (χ0) is 83.9. The van der Waals surface area contributed by atoms with Gasteiger partial charge in [0.05, 0.1) is 67.7 Å². The highest BCUT2D eigenvalue weighted by Crippen LogP contribution is 2.78. The first-order chi connectivity index (χ1) is 58.2. The lowest BCUT2D eigenvalue weighted by Gasteiger charge is -2.33. The van der Waals surface area contributed by atoms with E-state index in [0.29, 0.717) is 67.7 Å². The Hall–Kier alpha value is -15.0. The van der Waals surface area contributed by atoms with Gasteiger partial charge in [0.25, 0.3) is 0 Å². The quantitative estimate of drug-likeness (QED) is 0.0175. The van der Waals surface area contributed by atoms with Crippen molar-refractivity contribution in [1.82, 2.24) is 0 Å². The number of benzene rings is 12. The molecule has 27 nitrogen and oxygen atoms in total. The molecule has 120 heavy (non-hydrogen) atoms. The maximum absolute atomic E-state index is 13.1. The molecule has 0 radical (unpaired) electrons. The van der Waals surface area contributed by atoms with Crippen LogP contribution >= 0.6 is 23.0 Å². The van der Waals surface area contributed by atoms with E-state index in [9.17, 15) is 28.8 Å². The Balaban J connectivity index is 1.00. The third-order valence-corrected chi connectivity index (χ3v) is 25.4. The molecule has 0 fully saturated rings. The second-order valence-electron chi connectivity index (χ2n) is 26.0. The van der Waals surface area contributed by atoms with Gasteiger partial charge in [0.2, 0.25) is 0 Å². The summed E-state index contributed by atoms with van der Waals surface area (Å²) in [4.78, 5) is 111. The highest BCUT2D eigenvalue weighted by atomic mass is 31.3. The molecule has 0 bridgehead atoms. The van der Waals surface area contributed by atoms with E-state index in [0.717, 1.165) is 0 Å². The van der Waals surface area contributed by atoms with E-state index in [1.807, 2.05) is 0 Å². The molecule has 0 spiro atoms. The number of rotatable bonds is 30. The Bertz CT molecular complexity index is 5130. The Morgan fingerprint density at radius 2 is 0.308 bits per heavy atom. The molecule has 13 rings (SSSR count). The van der Waals surface area contributed by atoms with Gasteiger partial charge in [-0.2, -0.15) is 0 Å². The molecule has 0 aromatic heterocycles. The SMILES string of the molecule is C/C(=N\OC(=O)c1ccccc1)c1ccc(OP2(Oc3ccc(/C(C)=N/OC(=O)c4ccccc4)cc3)=NP(Oc3ccc(/C(C)=N/OC(=O)c4ccccc4)cc3)(Oc3ccc(/C(C)=N/OC(=O)c4ccccc4)cc3)=NP(Oc3ccc(/C(C)=N/OC(=O)c4ccccc4)cc3)(Oc3ccc(/C(C)=N/OC(=O)c4ccccc4)cc3)=N2)cc1. The van der Waals surface area contributed by atoms with E-state index in [1.165, 1.54) is 0 Å². The normalized spacial score (nSPS) is 14.4. The lowest BCUT2D eigenvalue weighted by atomic mass is 10.1. The third kappa shape index (κ3) is 22.3. The van der Waals surface area contributed by atoms with Gasteiger partial charge in [0, 0.05) is 0 Å². The molecular weight excluding hydrogens is 1590 g/mol. The second-order valence-corrected chi connectivity index (χ2v) is 32.1. The minimum Gasteiger partial charge on any atom is -0.413 e. The highest BCUT2D eigenvalue weighted by Gasteiger charge is 2.49. The molecular formula is C90H72N9O18P3. The van der Waals surface area contributed by atoms with Crippen LogP contribution in [0.2, 0.25) is 0 Å². The second kappa shape index (κ2) is 39.1. The molecule has 0 saturated heterocycles. The topological polar surface area (TPSA) is 324 Å². The molecule has 1 aliphatic heterocycles. The molecule has 12 aromatic rings. The molecule has 1 aliphatic rings. The molecule has 12 aromatic carbocycles. The summed E-state index contributed by atoms with van der Waals surface area (Å²) in [6, 6.07) is 89.0. The smallest absolute Gasteiger partial charge is 0.413 e. The van der Waals surface area contributed by atoms with Crippen molar-refractivity contribution >= 4 is 93.1 Å². The number of nitrogens with zero attached hydrogens (tertiary/aromatic N) is 9. The Kier molecular flexibility index (Phi) is 27.0. The highest BCUT2D eigenvalue weighted by molar-refractivity contribution is 7.79. The number of carbonyl (C=O) groups excluding carboxylic acids is 6. The standard InChI is InChI=1S/C90H72N9O18P3/c1-61(91-106-85(100)73-25-13-7-14-26-73)67-37-49-79(50-38-67)112-118(113-80-51-39-68(40-52-80)62(2)92-107-86(101)74-27-15-8-16-28-74)97-119(114-81-53-41-69(42-54-81)63(3)93-108-87(102)75-29-17-9-18-30-75,115-82-55-43-70(44-56-82)64(4)94-109-88(103)76-31-19-10-20-32-76)99-120(98-118,116-83-57-45-71(46-58-83)65(5)95-110-89(104)77-33-21-11-22-34-77)117-84-59-47-72(48-60-84)66(6)96-111-90(105)78-35-23-12-24-36-78/h7-60H,1-6H3/b91-61+,92-62+,93-63+,94-64+,95-65+,96-66+. The first-order valence-electron chi connectivity index (χ1n) is 36.8. The summed E-state index contributed by atoms with van der Waals surface area (Å²) in [5, 5.41) is 25.0. The van der Waals surface area contributed by atoms with E-state index in [2.05, 4.69) is 30.9 Å². The average Bonchev–Trinajstić information content (AvgIpc) is 0.727. The number of carbonyl (C=O) groups is 6. The largest absolute Gasteiger partial charge is 0.460 e. The summed E-state index contributed by atoms with van der Waals surface area (Å²) >= 11 is 0. The van der Waals surface area contributed by atoms with Crippen LogP contribution in [-0.4, -0.2) is 70.1 Å². The van der Waals surface area contributed by atoms with Crippen LogP contribution < -0.4 is 27.1 Å². The fourth-order valence-corrected chi connectivity index (χ4v) is 19.9. The molecule has 0 N–H and O–H groups in total. The van der Waals surface area contributed by atoms with Crippen molar-refractivity contribution in [2.24, 2.45) is 44.5 Å². The first kappa shape index (κ1) is 82.9. The van der Waals surface area contributed by atoms with E-state index < -0.39 is 58.8 Å². The zero-order valence-electron chi connectivity index (χ0n) is 64.9. The van der Waals surface area contributed by atoms with Gasteiger partial charge < -0.3 is 56.2 Å². The Morgan fingerprint density at radius 3 is 0.433 bits per heavy atom. The summed E-state index contributed by atoms with van der Waals surface area (Å²) in [6.45, 7) is 9.89. The van der Waals surface area contributed by atoms with E-state index >= 15 is 0 Å².